The Labute approximate surface area is 79.2 Å². The smallest absolute Gasteiger partial charge is 0.325 e. The van der Waals surface area contributed by atoms with E-state index in [2.05, 4.69) is 15.1 Å². The van der Waals surface area contributed by atoms with Crippen LogP contribution >= 0.6 is 0 Å². The van der Waals surface area contributed by atoms with E-state index in [4.69, 9.17) is 5.11 Å². The van der Waals surface area contributed by atoms with Crippen molar-refractivity contribution in [1.29, 1.82) is 0 Å². The summed E-state index contributed by atoms with van der Waals surface area (Å²) in [4.78, 5) is 18.6. The summed E-state index contributed by atoms with van der Waals surface area (Å²) in [5.74, 6) is -0.337. The highest BCUT2D eigenvalue weighted by atomic mass is 16.4. The van der Waals surface area contributed by atoms with Crippen LogP contribution < -0.4 is 0 Å². The second kappa shape index (κ2) is 3.06. The maximum Gasteiger partial charge on any atom is 0.325 e. The first kappa shape index (κ1) is 8.61. The average molecular weight is 192 g/mol. The molecule has 0 aliphatic heterocycles. The molecular weight excluding hydrogens is 184 g/mol. The van der Waals surface area contributed by atoms with Gasteiger partial charge in [0.15, 0.2) is 5.65 Å². The second-order valence-corrected chi connectivity index (χ2v) is 2.89. The number of fused-ring (bicyclic) bond motifs is 1. The van der Waals surface area contributed by atoms with Crippen LogP contribution in [0.1, 0.15) is 5.82 Å². The number of nitrogens with zero attached hydrogens (tertiary/aromatic N) is 4. The number of carboxylic acid groups (broad SMARTS) is 1. The summed E-state index contributed by atoms with van der Waals surface area (Å²) >= 11 is 0. The van der Waals surface area contributed by atoms with E-state index in [1.165, 1.54) is 4.68 Å². The van der Waals surface area contributed by atoms with Crippen molar-refractivity contribution in [2.45, 2.75) is 13.5 Å². The highest BCUT2D eigenvalue weighted by Crippen LogP contribution is 2.09. The fraction of sp³-hybridized carbons (Fsp3) is 0.250. The second-order valence-electron chi connectivity index (χ2n) is 2.89. The lowest BCUT2D eigenvalue weighted by atomic mass is 10.4. The first-order chi connectivity index (χ1) is 6.66. The highest BCUT2D eigenvalue weighted by Gasteiger charge is 2.07. The van der Waals surface area contributed by atoms with Gasteiger partial charge in [-0.25, -0.2) is 14.6 Å². The van der Waals surface area contributed by atoms with Crippen LogP contribution in [0.25, 0.3) is 11.0 Å². The molecule has 2 heterocycles. The quantitative estimate of drug-likeness (QED) is 0.736. The number of hydrogen-bond donors (Lipinski definition) is 1. The van der Waals surface area contributed by atoms with Gasteiger partial charge in [0.2, 0.25) is 0 Å². The van der Waals surface area contributed by atoms with Crippen LogP contribution in [0.3, 0.4) is 0 Å². The maximum absolute atomic E-state index is 10.5. The molecule has 2 aromatic heterocycles. The van der Waals surface area contributed by atoms with Gasteiger partial charge in [-0.05, 0) is 6.92 Å². The summed E-state index contributed by atoms with van der Waals surface area (Å²) in [5, 5.41) is 13.3. The minimum Gasteiger partial charge on any atom is -0.480 e. The van der Waals surface area contributed by atoms with Gasteiger partial charge in [-0.1, -0.05) is 0 Å². The third-order valence-electron chi connectivity index (χ3n) is 1.78. The first-order valence-electron chi connectivity index (χ1n) is 4.04. The summed E-state index contributed by atoms with van der Waals surface area (Å²) < 4.78 is 1.34. The number of carbonyl (C=O) groups is 1. The van der Waals surface area contributed by atoms with Crippen LogP contribution in [0, 0.1) is 6.92 Å². The minimum atomic E-state index is -0.939. The molecule has 6 nitrogen and oxygen atoms in total. The van der Waals surface area contributed by atoms with Crippen LogP contribution in [-0.4, -0.2) is 30.8 Å². The summed E-state index contributed by atoms with van der Waals surface area (Å²) in [6, 6.07) is 0. The van der Waals surface area contributed by atoms with E-state index in [1.54, 1.807) is 19.3 Å². The minimum absolute atomic E-state index is 0.181. The van der Waals surface area contributed by atoms with Crippen molar-refractivity contribution >= 4 is 17.0 Å². The molecule has 0 saturated carbocycles. The van der Waals surface area contributed by atoms with Gasteiger partial charge in [-0.2, -0.15) is 5.10 Å². The lowest BCUT2D eigenvalue weighted by Gasteiger charge is -1.98. The number of hydrogen-bond acceptors (Lipinski definition) is 4. The van der Waals surface area contributed by atoms with Crippen LogP contribution in [0.5, 0.6) is 0 Å². The molecule has 0 fully saturated rings. The molecule has 0 spiro atoms. The summed E-state index contributed by atoms with van der Waals surface area (Å²) in [6.45, 7) is 1.57. The van der Waals surface area contributed by atoms with Crippen molar-refractivity contribution in [3.8, 4) is 0 Å². The molecule has 0 unspecified atom stereocenters. The van der Waals surface area contributed by atoms with Gasteiger partial charge >= 0.3 is 5.97 Å². The fourth-order valence-electron chi connectivity index (χ4n) is 1.20. The topological polar surface area (TPSA) is 80.9 Å². The van der Waals surface area contributed by atoms with Gasteiger partial charge in [0, 0.05) is 6.20 Å². The molecule has 0 saturated heterocycles. The number of aryl methyl sites for hydroxylation is 1. The third kappa shape index (κ3) is 1.41. The normalized spacial score (nSPS) is 10.6. The van der Waals surface area contributed by atoms with E-state index in [-0.39, 0.29) is 6.54 Å². The number of carboxylic acids is 1. The Hall–Kier alpha value is -1.98. The monoisotopic (exact) mass is 192 g/mol. The van der Waals surface area contributed by atoms with E-state index in [0.717, 1.165) is 5.39 Å². The van der Waals surface area contributed by atoms with E-state index in [9.17, 15) is 4.79 Å². The van der Waals surface area contributed by atoms with Crippen LogP contribution in [0.4, 0.5) is 0 Å². The molecule has 72 valence electrons. The number of aromatic nitrogens is 4. The van der Waals surface area contributed by atoms with Crippen molar-refractivity contribution in [2.75, 3.05) is 0 Å². The van der Waals surface area contributed by atoms with Gasteiger partial charge in [-0.3, -0.25) is 4.79 Å². The summed E-state index contributed by atoms with van der Waals surface area (Å²) in [6.07, 6.45) is 3.18. The Morgan fingerprint density at radius 2 is 2.36 bits per heavy atom. The van der Waals surface area contributed by atoms with Gasteiger partial charge < -0.3 is 5.11 Å². The van der Waals surface area contributed by atoms with Crippen molar-refractivity contribution in [2.24, 2.45) is 0 Å². The lowest BCUT2D eigenvalue weighted by Crippen LogP contribution is -2.10. The van der Waals surface area contributed by atoms with E-state index in [0.29, 0.717) is 11.5 Å². The number of aliphatic carboxylic acids is 1. The van der Waals surface area contributed by atoms with Crippen molar-refractivity contribution in [3.05, 3.63) is 18.2 Å². The van der Waals surface area contributed by atoms with Gasteiger partial charge in [0.05, 0.1) is 11.6 Å². The molecule has 0 radical (unpaired) electrons. The molecule has 1 N–H and O–H groups in total. The SMILES string of the molecule is Cc1ncc2cnn(CC(=O)O)c2n1. The van der Waals surface area contributed by atoms with Gasteiger partial charge in [0.25, 0.3) is 0 Å². The van der Waals surface area contributed by atoms with Crippen LogP contribution in [0.2, 0.25) is 0 Å². The summed E-state index contributed by atoms with van der Waals surface area (Å²) in [7, 11) is 0. The largest absolute Gasteiger partial charge is 0.480 e. The number of rotatable bonds is 2. The Bertz CT molecular complexity index is 491. The summed E-state index contributed by atoms with van der Waals surface area (Å²) in [5.41, 5.74) is 0.555. The fourth-order valence-corrected chi connectivity index (χ4v) is 1.20. The molecular formula is C8H8N4O2. The first-order valence-corrected chi connectivity index (χ1v) is 4.04. The predicted molar refractivity (Wildman–Crippen MR) is 47.7 cm³/mol. The molecule has 14 heavy (non-hydrogen) atoms. The third-order valence-corrected chi connectivity index (χ3v) is 1.78. The Kier molecular flexibility index (Phi) is 1.88. The Morgan fingerprint density at radius 1 is 1.57 bits per heavy atom. The van der Waals surface area contributed by atoms with Crippen molar-refractivity contribution < 1.29 is 9.90 Å². The molecule has 0 bridgehead atoms. The zero-order valence-corrected chi connectivity index (χ0v) is 7.51. The van der Waals surface area contributed by atoms with E-state index >= 15 is 0 Å². The Morgan fingerprint density at radius 3 is 3.07 bits per heavy atom. The molecule has 2 aromatic rings. The maximum atomic E-state index is 10.5. The van der Waals surface area contributed by atoms with Crippen molar-refractivity contribution in [1.82, 2.24) is 19.7 Å². The predicted octanol–water partition coefficient (Wildman–Crippen LogP) is 0.219. The van der Waals surface area contributed by atoms with Gasteiger partial charge in [0.1, 0.15) is 12.4 Å². The van der Waals surface area contributed by atoms with Gasteiger partial charge in [-0.15, -0.1) is 0 Å². The molecule has 0 atom stereocenters. The zero-order chi connectivity index (χ0) is 10.1. The standard InChI is InChI=1S/C8H8N4O2/c1-5-9-2-6-3-10-12(4-7(13)14)8(6)11-5/h2-3H,4H2,1H3,(H,13,14). The Balaban J connectivity index is 2.55. The molecule has 0 aromatic carbocycles. The zero-order valence-electron chi connectivity index (χ0n) is 7.51. The highest BCUT2D eigenvalue weighted by molar-refractivity contribution is 5.75. The molecule has 0 amide bonds. The van der Waals surface area contributed by atoms with E-state index < -0.39 is 5.97 Å². The molecule has 2 rings (SSSR count). The van der Waals surface area contributed by atoms with Crippen molar-refractivity contribution in [3.63, 3.8) is 0 Å². The van der Waals surface area contributed by atoms with Crippen LogP contribution in [-0.2, 0) is 11.3 Å². The van der Waals surface area contributed by atoms with E-state index in [1.807, 2.05) is 0 Å². The van der Waals surface area contributed by atoms with Crippen LogP contribution in [0.15, 0.2) is 12.4 Å². The average Bonchev–Trinajstić information content (AvgIpc) is 2.47. The molecule has 0 aliphatic carbocycles. The lowest BCUT2D eigenvalue weighted by molar-refractivity contribution is -0.137. The molecule has 6 heteroatoms. The molecule has 0 aliphatic rings.